The van der Waals surface area contributed by atoms with E-state index in [-0.39, 0.29) is 5.76 Å². The molecule has 0 unspecified atom stereocenters. The number of methoxy groups -OCH3 is 1. The smallest absolute Gasteiger partial charge is 0.373 e. The minimum atomic E-state index is -0.528. The normalized spacial score (nSPS) is 10.8. The van der Waals surface area contributed by atoms with Gasteiger partial charge in [-0.2, -0.15) is 0 Å². The second-order valence-electron chi connectivity index (χ2n) is 4.06. The molecule has 0 aliphatic heterocycles. The van der Waals surface area contributed by atoms with Crippen molar-refractivity contribution in [2.45, 2.75) is 6.42 Å². The first kappa shape index (κ1) is 12.2. The molecule has 0 spiro atoms. The number of carbonyl (C=O) groups is 1. The Labute approximate surface area is 113 Å². The zero-order valence-electron chi connectivity index (χ0n) is 10.6. The Hall–Kier alpha value is -2.90. The van der Waals surface area contributed by atoms with Crippen molar-refractivity contribution in [2.75, 3.05) is 12.8 Å². The van der Waals surface area contributed by atoms with E-state index in [0.717, 1.165) is 0 Å². The van der Waals surface area contributed by atoms with E-state index in [1.165, 1.54) is 19.5 Å². The third-order valence-electron chi connectivity index (χ3n) is 2.74. The van der Waals surface area contributed by atoms with Crippen molar-refractivity contribution in [3.63, 3.8) is 0 Å². The molecule has 3 aromatic rings. The lowest BCUT2D eigenvalue weighted by Crippen LogP contribution is -2.02. The molecule has 0 atom stereocenters. The van der Waals surface area contributed by atoms with Gasteiger partial charge < -0.3 is 19.9 Å². The molecule has 0 amide bonds. The predicted octanol–water partition coefficient (Wildman–Crippen LogP) is 0.906. The van der Waals surface area contributed by atoms with Gasteiger partial charge in [-0.15, -0.1) is 0 Å². The van der Waals surface area contributed by atoms with Crippen LogP contribution < -0.4 is 5.73 Å². The lowest BCUT2D eigenvalue weighted by atomic mass is 10.3. The summed E-state index contributed by atoms with van der Waals surface area (Å²) in [6, 6.07) is 3.21. The minimum Gasteiger partial charge on any atom is -0.463 e. The van der Waals surface area contributed by atoms with E-state index < -0.39 is 5.97 Å². The number of furan rings is 1. The third kappa shape index (κ3) is 2.07. The summed E-state index contributed by atoms with van der Waals surface area (Å²) in [4.78, 5) is 26.6. The molecule has 3 heterocycles. The summed E-state index contributed by atoms with van der Waals surface area (Å²) >= 11 is 0. The summed E-state index contributed by atoms with van der Waals surface area (Å²) in [6.07, 6.45) is 1.81. The van der Waals surface area contributed by atoms with Crippen LogP contribution in [0.2, 0.25) is 0 Å². The fourth-order valence-electron chi connectivity index (χ4n) is 1.82. The Balaban J connectivity index is 1.89. The number of anilines is 1. The van der Waals surface area contributed by atoms with Gasteiger partial charge in [0.25, 0.3) is 0 Å². The highest BCUT2D eigenvalue weighted by molar-refractivity contribution is 5.86. The molecule has 0 saturated heterocycles. The first-order valence-corrected chi connectivity index (χ1v) is 5.80. The summed E-state index contributed by atoms with van der Waals surface area (Å²) in [5.74, 6) is 0.936. The number of fused-ring (bicyclic) bond motifs is 1. The Kier molecular flexibility index (Phi) is 2.82. The quantitative estimate of drug-likeness (QED) is 0.680. The van der Waals surface area contributed by atoms with Crippen LogP contribution >= 0.6 is 0 Å². The molecule has 3 rings (SSSR count). The van der Waals surface area contributed by atoms with Crippen molar-refractivity contribution in [2.24, 2.45) is 0 Å². The number of carbonyl (C=O) groups excluding carboxylic acids is 1. The molecule has 102 valence electrons. The van der Waals surface area contributed by atoms with Crippen LogP contribution in [0.15, 0.2) is 22.9 Å². The predicted molar refractivity (Wildman–Crippen MR) is 68.9 cm³/mol. The van der Waals surface area contributed by atoms with E-state index in [1.807, 2.05) is 0 Å². The van der Waals surface area contributed by atoms with Crippen LogP contribution in [0.4, 0.5) is 5.82 Å². The number of nitrogen functional groups attached to an aromatic ring is 1. The van der Waals surface area contributed by atoms with Crippen LogP contribution in [0, 0.1) is 0 Å². The van der Waals surface area contributed by atoms with Gasteiger partial charge in [-0.05, 0) is 12.1 Å². The summed E-state index contributed by atoms with van der Waals surface area (Å²) < 4.78 is 9.92. The molecule has 0 radical (unpaired) electrons. The average Bonchev–Trinajstić information content (AvgIpc) is 3.07. The van der Waals surface area contributed by atoms with E-state index in [1.54, 1.807) is 6.07 Å². The van der Waals surface area contributed by atoms with Crippen molar-refractivity contribution in [3.8, 4) is 0 Å². The Morgan fingerprint density at radius 3 is 3.10 bits per heavy atom. The molecule has 8 heteroatoms. The first-order valence-electron chi connectivity index (χ1n) is 5.80. The van der Waals surface area contributed by atoms with Crippen LogP contribution in [0.25, 0.3) is 11.2 Å². The average molecular weight is 273 g/mol. The lowest BCUT2D eigenvalue weighted by molar-refractivity contribution is 0.0563. The maximum absolute atomic E-state index is 11.3. The zero-order chi connectivity index (χ0) is 14.1. The van der Waals surface area contributed by atoms with Gasteiger partial charge in [-0.3, -0.25) is 0 Å². The molecule has 0 bridgehead atoms. The number of aromatic nitrogens is 4. The Bertz CT molecular complexity index is 776. The SMILES string of the molecule is COC(=O)c1ccc(Cc2nc(N)c3[nH]cnc3n2)o1. The number of esters is 1. The number of nitrogens with one attached hydrogen (secondary N) is 1. The standard InChI is InChI=1S/C12H11N5O3/c1-19-12(18)7-3-2-6(20-7)4-8-16-10(13)9-11(17-8)15-5-14-9/h2-3,5H,4H2,1H3,(H3,13,14,15,16,17). The topological polar surface area (TPSA) is 120 Å². The van der Waals surface area contributed by atoms with Crippen LogP contribution in [0.5, 0.6) is 0 Å². The highest BCUT2D eigenvalue weighted by Gasteiger charge is 2.13. The lowest BCUT2D eigenvalue weighted by Gasteiger charge is -2.00. The van der Waals surface area contributed by atoms with Gasteiger partial charge in [0.15, 0.2) is 11.5 Å². The molecule has 0 aliphatic rings. The number of H-pyrrole nitrogens is 1. The van der Waals surface area contributed by atoms with Gasteiger partial charge in [0, 0.05) is 0 Å². The highest BCUT2D eigenvalue weighted by Crippen LogP contribution is 2.16. The fraction of sp³-hybridized carbons (Fsp3) is 0.167. The van der Waals surface area contributed by atoms with Gasteiger partial charge in [0.1, 0.15) is 17.1 Å². The molecule has 3 aromatic heterocycles. The number of imidazole rings is 1. The second kappa shape index (κ2) is 4.65. The van der Waals surface area contributed by atoms with Gasteiger partial charge in [0.05, 0.1) is 19.9 Å². The maximum atomic E-state index is 11.3. The summed E-state index contributed by atoms with van der Waals surface area (Å²) in [5.41, 5.74) is 6.90. The monoisotopic (exact) mass is 273 g/mol. The van der Waals surface area contributed by atoms with Crippen molar-refractivity contribution in [3.05, 3.63) is 35.8 Å². The summed E-state index contributed by atoms with van der Waals surface area (Å²) in [6.45, 7) is 0. The second-order valence-corrected chi connectivity index (χ2v) is 4.06. The zero-order valence-corrected chi connectivity index (χ0v) is 10.6. The number of hydrogen-bond acceptors (Lipinski definition) is 7. The van der Waals surface area contributed by atoms with Gasteiger partial charge in [-0.1, -0.05) is 0 Å². The van der Waals surface area contributed by atoms with E-state index >= 15 is 0 Å². The van der Waals surface area contributed by atoms with Crippen molar-refractivity contribution < 1.29 is 13.9 Å². The van der Waals surface area contributed by atoms with Crippen molar-refractivity contribution in [1.29, 1.82) is 0 Å². The summed E-state index contributed by atoms with van der Waals surface area (Å²) in [7, 11) is 1.29. The van der Waals surface area contributed by atoms with E-state index in [4.69, 9.17) is 10.2 Å². The molecule has 8 nitrogen and oxygen atoms in total. The molecule has 0 aromatic carbocycles. The maximum Gasteiger partial charge on any atom is 0.373 e. The van der Waals surface area contributed by atoms with Gasteiger partial charge in [-0.25, -0.2) is 19.7 Å². The molecule has 0 fully saturated rings. The van der Waals surface area contributed by atoms with Gasteiger partial charge in [0.2, 0.25) is 5.76 Å². The van der Waals surface area contributed by atoms with Crippen LogP contribution in [-0.4, -0.2) is 33.0 Å². The van der Waals surface area contributed by atoms with Crippen LogP contribution in [0.3, 0.4) is 0 Å². The van der Waals surface area contributed by atoms with Crippen molar-refractivity contribution >= 4 is 23.0 Å². The number of hydrogen-bond donors (Lipinski definition) is 2. The van der Waals surface area contributed by atoms with Crippen LogP contribution in [-0.2, 0) is 11.2 Å². The van der Waals surface area contributed by atoms with Crippen LogP contribution in [0.1, 0.15) is 22.1 Å². The number of nitrogens with two attached hydrogens (primary N) is 1. The van der Waals surface area contributed by atoms with E-state index in [2.05, 4.69) is 24.7 Å². The fourth-order valence-corrected chi connectivity index (χ4v) is 1.82. The molecule has 3 N–H and O–H groups in total. The third-order valence-corrected chi connectivity index (χ3v) is 2.74. The Morgan fingerprint density at radius 1 is 1.45 bits per heavy atom. The van der Waals surface area contributed by atoms with Crippen molar-refractivity contribution in [1.82, 2.24) is 19.9 Å². The van der Waals surface area contributed by atoms with E-state index in [0.29, 0.717) is 35.0 Å². The molecular formula is C12H11N5O3. The molecule has 0 aliphatic carbocycles. The van der Waals surface area contributed by atoms with Gasteiger partial charge >= 0.3 is 5.97 Å². The number of nitrogens with zero attached hydrogens (tertiary/aromatic N) is 3. The Morgan fingerprint density at radius 2 is 2.30 bits per heavy atom. The number of aromatic amines is 1. The number of ether oxygens (including phenoxy) is 1. The minimum absolute atomic E-state index is 0.135. The molecular weight excluding hydrogens is 262 g/mol. The summed E-state index contributed by atoms with van der Waals surface area (Å²) in [5, 5.41) is 0. The van der Waals surface area contributed by atoms with E-state index in [9.17, 15) is 4.79 Å². The first-order chi connectivity index (χ1) is 9.67. The molecule has 20 heavy (non-hydrogen) atoms. The molecule has 0 saturated carbocycles. The highest BCUT2D eigenvalue weighted by atomic mass is 16.5. The number of rotatable bonds is 3. The largest absolute Gasteiger partial charge is 0.463 e.